The van der Waals surface area contributed by atoms with Crippen LogP contribution in [0.25, 0.3) is 0 Å². The van der Waals surface area contributed by atoms with E-state index < -0.39 is 0 Å². The first kappa shape index (κ1) is 28.6. The zero-order chi connectivity index (χ0) is 21.7. The molecule has 9 nitrogen and oxygen atoms in total. The average Bonchev–Trinajstić information content (AvgIpc) is 2.68. The molecule has 0 aromatic carbocycles. The Balaban J connectivity index is 4.47. The number of nitrogens with one attached hydrogen (secondary N) is 2. The minimum atomic E-state index is 0.655. The molecule has 0 radical (unpaired) electrons. The van der Waals surface area contributed by atoms with Crippen LogP contribution in [0.3, 0.4) is 0 Å². The fourth-order valence-corrected chi connectivity index (χ4v) is 3.36. The van der Waals surface area contributed by atoms with E-state index in [0.717, 1.165) is 85.1 Å². The Bertz CT molecular complexity index is 325. The number of nitrogens with zero attached hydrogens (tertiary/aromatic N) is 3. The van der Waals surface area contributed by atoms with Crippen LogP contribution in [0, 0.1) is 5.92 Å². The summed E-state index contributed by atoms with van der Waals surface area (Å²) in [7, 11) is 0. The first-order chi connectivity index (χ1) is 14.1. The van der Waals surface area contributed by atoms with Gasteiger partial charge in [0.25, 0.3) is 0 Å². The zero-order valence-corrected chi connectivity index (χ0v) is 19.2. The third kappa shape index (κ3) is 18.2. The van der Waals surface area contributed by atoms with Gasteiger partial charge in [0.1, 0.15) is 0 Å². The topological polar surface area (TPSA) is 138 Å². The summed E-state index contributed by atoms with van der Waals surface area (Å²) in [5, 5.41) is 6.84. The van der Waals surface area contributed by atoms with E-state index in [9.17, 15) is 0 Å². The van der Waals surface area contributed by atoms with Crippen LogP contribution in [0.2, 0.25) is 0 Å². The van der Waals surface area contributed by atoms with Crippen LogP contribution in [0.1, 0.15) is 13.8 Å². The molecule has 0 aliphatic rings. The Kier molecular flexibility index (Phi) is 20.6. The first-order valence-corrected chi connectivity index (χ1v) is 11.5. The van der Waals surface area contributed by atoms with Crippen LogP contribution in [0.5, 0.6) is 0 Å². The van der Waals surface area contributed by atoms with Gasteiger partial charge in [-0.15, -0.1) is 0 Å². The van der Waals surface area contributed by atoms with Crippen molar-refractivity contribution in [3.8, 4) is 0 Å². The molecule has 9 heteroatoms. The summed E-state index contributed by atoms with van der Waals surface area (Å²) in [6.45, 7) is 20.1. The maximum atomic E-state index is 5.82. The standard InChI is InChI=1S/C20H51N9/c1-20(2)19-29(13-6-24)18-17-28(14-10-26-9-8-25-7-3-21)16-15-27(11-4-22)12-5-23/h20,25-26H,3-19,21-24H2,1-2H3. The second-order valence-electron chi connectivity index (χ2n) is 8.03. The molecule has 176 valence electrons. The van der Waals surface area contributed by atoms with Crippen molar-refractivity contribution in [2.45, 2.75) is 13.8 Å². The van der Waals surface area contributed by atoms with Gasteiger partial charge in [0.15, 0.2) is 0 Å². The largest absolute Gasteiger partial charge is 0.329 e. The number of rotatable bonds is 22. The summed E-state index contributed by atoms with van der Waals surface area (Å²) >= 11 is 0. The Hall–Kier alpha value is -0.360. The van der Waals surface area contributed by atoms with Gasteiger partial charge < -0.3 is 38.5 Å². The van der Waals surface area contributed by atoms with Gasteiger partial charge in [-0.1, -0.05) is 13.8 Å². The lowest BCUT2D eigenvalue weighted by atomic mass is 10.2. The van der Waals surface area contributed by atoms with Gasteiger partial charge in [-0.25, -0.2) is 0 Å². The van der Waals surface area contributed by atoms with Crippen LogP contribution in [0.15, 0.2) is 0 Å². The lowest BCUT2D eigenvalue weighted by Gasteiger charge is -2.30. The highest BCUT2D eigenvalue weighted by atomic mass is 15.2. The smallest absolute Gasteiger partial charge is 0.0110 e. The molecule has 0 spiro atoms. The van der Waals surface area contributed by atoms with Gasteiger partial charge in [-0.3, -0.25) is 9.80 Å². The highest BCUT2D eigenvalue weighted by Crippen LogP contribution is 2.00. The summed E-state index contributed by atoms with van der Waals surface area (Å²) in [4.78, 5) is 7.40. The van der Waals surface area contributed by atoms with Crippen molar-refractivity contribution in [1.82, 2.24) is 25.3 Å². The second-order valence-corrected chi connectivity index (χ2v) is 8.03. The summed E-state index contributed by atoms with van der Waals surface area (Å²) < 4.78 is 0. The van der Waals surface area contributed by atoms with Crippen LogP contribution in [-0.4, -0.2) is 126 Å². The summed E-state index contributed by atoms with van der Waals surface area (Å²) in [6.07, 6.45) is 0. The molecule has 0 aliphatic heterocycles. The van der Waals surface area contributed by atoms with Crippen LogP contribution in [-0.2, 0) is 0 Å². The van der Waals surface area contributed by atoms with Crippen LogP contribution >= 0.6 is 0 Å². The molecule has 0 amide bonds. The van der Waals surface area contributed by atoms with Gasteiger partial charge in [-0.2, -0.15) is 0 Å². The molecule has 0 atom stereocenters. The second kappa shape index (κ2) is 20.9. The molecule has 29 heavy (non-hydrogen) atoms. The molecule has 0 fully saturated rings. The van der Waals surface area contributed by atoms with E-state index in [2.05, 4.69) is 39.2 Å². The number of hydrogen-bond donors (Lipinski definition) is 6. The van der Waals surface area contributed by atoms with Crippen LogP contribution < -0.4 is 33.6 Å². The predicted molar refractivity (Wildman–Crippen MR) is 126 cm³/mol. The van der Waals surface area contributed by atoms with Gasteiger partial charge in [0, 0.05) is 111 Å². The maximum absolute atomic E-state index is 5.82. The Morgan fingerprint density at radius 3 is 1.45 bits per heavy atom. The predicted octanol–water partition coefficient (Wildman–Crippen LogP) is -2.44. The van der Waals surface area contributed by atoms with E-state index in [-0.39, 0.29) is 0 Å². The Morgan fingerprint density at radius 1 is 0.517 bits per heavy atom. The average molecular weight is 418 g/mol. The lowest BCUT2D eigenvalue weighted by Crippen LogP contribution is -2.45. The fraction of sp³-hybridized carbons (Fsp3) is 1.00. The molecule has 0 aromatic heterocycles. The molecule has 0 bridgehead atoms. The first-order valence-electron chi connectivity index (χ1n) is 11.5. The van der Waals surface area contributed by atoms with E-state index in [1.165, 1.54) is 0 Å². The maximum Gasteiger partial charge on any atom is 0.0110 e. The van der Waals surface area contributed by atoms with Crippen molar-refractivity contribution in [3.63, 3.8) is 0 Å². The number of nitrogens with two attached hydrogens (primary N) is 4. The molecule has 0 saturated heterocycles. The van der Waals surface area contributed by atoms with Gasteiger partial charge in [0.05, 0.1) is 0 Å². The fourth-order valence-electron chi connectivity index (χ4n) is 3.36. The number of hydrogen-bond acceptors (Lipinski definition) is 9. The van der Waals surface area contributed by atoms with Gasteiger partial charge in [0.2, 0.25) is 0 Å². The summed E-state index contributed by atoms with van der Waals surface area (Å²) in [5.41, 5.74) is 22.8. The monoisotopic (exact) mass is 417 g/mol. The van der Waals surface area contributed by atoms with E-state index in [1.807, 2.05) is 0 Å². The molecular formula is C20H51N9. The van der Waals surface area contributed by atoms with Crippen LogP contribution in [0.4, 0.5) is 0 Å². The van der Waals surface area contributed by atoms with E-state index >= 15 is 0 Å². The summed E-state index contributed by atoms with van der Waals surface area (Å²) in [5.74, 6) is 0.655. The van der Waals surface area contributed by atoms with Crippen molar-refractivity contribution in [3.05, 3.63) is 0 Å². The van der Waals surface area contributed by atoms with E-state index in [4.69, 9.17) is 22.9 Å². The van der Waals surface area contributed by atoms with Gasteiger partial charge >= 0.3 is 0 Å². The highest BCUT2D eigenvalue weighted by Gasteiger charge is 2.12. The normalized spacial score (nSPS) is 12.2. The van der Waals surface area contributed by atoms with Crippen molar-refractivity contribution in [2.24, 2.45) is 28.9 Å². The van der Waals surface area contributed by atoms with Gasteiger partial charge in [-0.05, 0) is 5.92 Å². The van der Waals surface area contributed by atoms with E-state index in [1.54, 1.807) is 0 Å². The van der Waals surface area contributed by atoms with Crippen molar-refractivity contribution < 1.29 is 0 Å². The minimum Gasteiger partial charge on any atom is -0.329 e. The molecular weight excluding hydrogens is 366 g/mol. The van der Waals surface area contributed by atoms with Crippen molar-refractivity contribution in [2.75, 3.05) is 111 Å². The third-order valence-corrected chi connectivity index (χ3v) is 4.83. The SMILES string of the molecule is CC(C)CN(CCN)CCN(CCNCCNCCN)CCN(CCN)CCN. The Labute approximate surface area is 179 Å². The lowest BCUT2D eigenvalue weighted by molar-refractivity contribution is 0.172. The molecule has 0 saturated carbocycles. The Morgan fingerprint density at radius 2 is 0.966 bits per heavy atom. The highest BCUT2D eigenvalue weighted by molar-refractivity contribution is 4.69. The molecule has 0 unspecified atom stereocenters. The summed E-state index contributed by atoms with van der Waals surface area (Å²) in [6, 6.07) is 0. The van der Waals surface area contributed by atoms with E-state index in [0.29, 0.717) is 32.1 Å². The molecule has 0 aromatic rings. The van der Waals surface area contributed by atoms with Crippen molar-refractivity contribution in [1.29, 1.82) is 0 Å². The molecule has 0 aliphatic carbocycles. The molecule has 10 N–H and O–H groups in total. The molecule has 0 heterocycles. The zero-order valence-electron chi connectivity index (χ0n) is 19.2. The van der Waals surface area contributed by atoms with Crippen molar-refractivity contribution >= 4 is 0 Å². The quantitative estimate of drug-likeness (QED) is 0.106. The molecule has 0 rings (SSSR count). The third-order valence-electron chi connectivity index (χ3n) is 4.83. The minimum absolute atomic E-state index is 0.655.